The average molecular weight is 1070 g/mol. The van der Waals surface area contributed by atoms with Crippen LogP contribution in [0.15, 0.2) is 77.3 Å². The van der Waals surface area contributed by atoms with Gasteiger partial charge >= 0.3 is 0 Å². The molecule has 19 nitrogen and oxygen atoms in total. The summed E-state index contributed by atoms with van der Waals surface area (Å²) < 4.78 is 1.89. The van der Waals surface area contributed by atoms with Crippen LogP contribution >= 0.6 is 11.3 Å². The largest absolute Gasteiger partial charge is 0.391 e. The number of carbonyl (C=O) groups excluding carboxylic acids is 5. The standard InChI is InChI=1S/C57H72N12O7S/c1-33(2)69-46-25-41(24-43(45(46)30-63-69)53(73)61-29-44-34(3)23-35(4)64-54(44)74)40-13-15-48(59-28-40)67-21-19-66(20-22-67)18-17-39(52(58)72)14-16-49(71)65-51(57(6,7)8)56(76)68-31-42(70)26-47(68)55(75)60-27-37-9-11-38(12-10-37)50-36(5)62-32-77-50/h9-13,15,23-25,28,30,32-33,39,42,47,51,70H,14,16-22,26-27,29,31H2,1-8H3,(H2,58,72)(H,60,75)(H,61,73)(H,64,74)(H,65,71)/t39?,42-,47+,51-/m1/s1. The number of carbonyl (C=O) groups is 5. The van der Waals surface area contributed by atoms with Crippen molar-refractivity contribution in [2.45, 2.75) is 118 Å². The van der Waals surface area contributed by atoms with E-state index in [1.54, 1.807) is 17.5 Å². The number of anilines is 1. The molecule has 2 saturated heterocycles. The zero-order valence-electron chi connectivity index (χ0n) is 45.3. The molecule has 6 aromatic rings. The van der Waals surface area contributed by atoms with Gasteiger partial charge in [0.05, 0.1) is 39.5 Å². The average Bonchev–Trinajstić information content (AvgIpc) is 4.16. The summed E-state index contributed by atoms with van der Waals surface area (Å²) >= 11 is 1.56. The lowest BCUT2D eigenvalue weighted by molar-refractivity contribution is -0.144. The number of likely N-dealkylation sites (tertiary alicyclic amines) is 1. The van der Waals surface area contributed by atoms with Crippen LogP contribution in [0.1, 0.15) is 105 Å². The number of aliphatic hydroxyl groups excluding tert-OH is 1. The molecule has 0 saturated carbocycles. The Balaban J connectivity index is 0.822. The number of thiazole rings is 1. The van der Waals surface area contributed by atoms with Crippen LogP contribution in [0, 0.1) is 32.1 Å². The van der Waals surface area contributed by atoms with Gasteiger partial charge in [-0.05, 0) is 112 Å². The van der Waals surface area contributed by atoms with Crippen LogP contribution in [0.5, 0.6) is 0 Å². The number of hydrogen-bond donors (Lipinski definition) is 6. The maximum absolute atomic E-state index is 14.2. The number of aromatic amines is 1. The minimum absolute atomic E-state index is 0.0312. The molecule has 2 aromatic carbocycles. The van der Waals surface area contributed by atoms with E-state index in [0.717, 1.165) is 68.5 Å². The van der Waals surface area contributed by atoms with Gasteiger partial charge < -0.3 is 41.6 Å². The number of hydrogen-bond acceptors (Lipinski definition) is 13. The highest BCUT2D eigenvalue weighted by Gasteiger charge is 2.44. The molecule has 0 aliphatic carbocycles. The Kier molecular flexibility index (Phi) is 17.4. The van der Waals surface area contributed by atoms with Crippen molar-refractivity contribution in [3.8, 4) is 21.6 Å². The zero-order valence-corrected chi connectivity index (χ0v) is 46.1. The maximum Gasteiger partial charge on any atom is 0.253 e. The number of piperazine rings is 1. The summed E-state index contributed by atoms with van der Waals surface area (Å²) in [7, 11) is 0. The Morgan fingerprint density at radius 3 is 2.25 bits per heavy atom. The fraction of sp³-hybridized carbons (Fsp3) is 0.456. The topological polar surface area (TPSA) is 254 Å². The lowest BCUT2D eigenvalue weighted by Gasteiger charge is -2.36. The molecular weight excluding hydrogens is 997 g/mol. The molecule has 20 heteroatoms. The third kappa shape index (κ3) is 13.3. The number of benzene rings is 2. The van der Waals surface area contributed by atoms with Crippen molar-refractivity contribution >= 4 is 57.6 Å². The molecule has 7 N–H and O–H groups in total. The fourth-order valence-corrected chi connectivity index (χ4v) is 11.1. The first kappa shape index (κ1) is 55.9. The minimum atomic E-state index is -1.00. The number of aliphatic hydroxyl groups is 1. The first-order valence-electron chi connectivity index (χ1n) is 26.4. The highest BCUT2D eigenvalue weighted by Crippen LogP contribution is 2.32. The molecule has 408 valence electrons. The van der Waals surface area contributed by atoms with Gasteiger partial charge in [-0.3, -0.25) is 38.3 Å². The number of nitrogens with two attached hydrogens (primary N) is 1. The number of β-amino-alcohol motifs (C(OH)–C–C–N with tert-alkyl or cyclic N) is 1. The van der Waals surface area contributed by atoms with E-state index >= 15 is 0 Å². The van der Waals surface area contributed by atoms with E-state index in [4.69, 9.17) is 10.7 Å². The van der Waals surface area contributed by atoms with Crippen molar-refractivity contribution in [2.75, 3.05) is 44.2 Å². The van der Waals surface area contributed by atoms with Crippen LogP contribution < -0.4 is 32.1 Å². The van der Waals surface area contributed by atoms with E-state index in [2.05, 4.69) is 40.8 Å². The van der Waals surface area contributed by atoms with Crippen LogP contribution in [0.4, 0.5) is 5.82 Å². The Bertz CT molecular complexity index is 3170. The second-order valence-electron chi connectivity index (χ2n) is 21.9. The molecule has 2 fully saturated rings. The van der Waals surface area contributed by atoms with Crippen molar-refractivity contribution in [3.63, 3.8) is 0 Å². The smallest absolute Gasteiger partial charge is 0.253 e. The summed E-state index contributed by atoms with van der Waals surface area (Å²) in [5.74, 6) is -1.83. The van der Waals surface area contributed by atoms with E-state index in [1.165, 1.54) is 4.90 Å². The first-order chi connectivity index (χ1) is 36.6. The molecule has 6 heterocycles. The molecule has 4 atom stereocenters. The predicted octanol–water partition coefficient (Wildman–Crippen LogP) is 5.55. The van der Waals surface area contributed by atoms with Gasteiger partial charge in [0.2, 0.25) is 23.6 Å². The molecule has 5 amide bonds. The lowest BCUT2D eigenvalue weighted by Crippen LogP contribution is -2.57. The van der Waals surface area contributed by atoms with Gasteiger partial charge in [0, 0.05) is 99.0 Å². The molecule has 0 bridgehead atoms. The van der Waals surface area contributed by atoms with Gasteiger partial charge in [-0.25, -0.2) is 9.97 Å². The molecule has 8 rings (SSSR count). The van der Waals surface area contributed by atoms with Crippen LogP contribution in [-0.2, 0) is 32.3 Å². The minimum Gasteiger partial charge on any atom is -0.391 e. The molecule has 4 aromatic heterocycles. The monoisotopic (exact) mass is 1070 g/mol. The molecule has 77 heavy (non-hydrogen) atoms. The van der Waals surface area contributed by atoms with Crippen molar-refractivity contribution < 1.29 is 29.1 Å². The number of nitrogens with zero attached hydrogens (tertiary/aromatic N) is 7. The van der Waals surface area contributed by atoms with Gasteiger partial charge in [-0.2, -0.15) is 5.10 Å². The van der Waals surface area contributed by atoms with Gasteiger partial charge in [0.25, 0.3) is 11.5 Å². The van der Waals surface area contributed by atoms with Gasteiger partial charge in [0.15, 0.2) is 0 Å². The summed E-state index contributed by atoms with van der Waals surface area (Å²) in [6.07, 6.45) is 3.31. The summed E-state index contributed by atoms with van der Waals surface area (Å²) in [6, 6.07) is 15.7. The molecule has 1 unspecified atom stereocenters. The zero-order chi connectivity index (χ0) is 55.3. The number of primary amides is 1. The van der Waals surface area contributed by atoms with Crippen LogP contribution in [-0.4, -0.2) is 127 Å². The third-order valence-electron chi connectivity index (χ3n) is 14.8. The van der Waals surface area contributed by atoms with Crippen molar-refractivity contribution in [1.82, 2.24) is 50.5 Å². The van der Waals surface area contributed by atoms with Crippen molar-refractivity contribution in [3.05, 3.63) is 116 Å². The van der Waals surface area contributed by atoms with Crippen LogP contribution in [0.25, 0.3) is 32.5 Å². The lowest BCUT2D eigenvalue weighted by atomic mass is 9.85. The molecule has 2 aliphatic rings. The summed E-state index contributed by atoms with van der Waals surface area (Å²) in [5, 5.41) is 24.8. The fourth-order valence-electron chi connectivity index (χ4n) is 10.3. The van der Waals surface area contributed by atoms with E-state index in [9.17, 15) is 33.9 Å². The summed E-state index contributed by atoms with van der Waals surface area (Å²) in [6.45, 7) is 18.9. The van der Waals surface area contributed by atoms with Crippen LogP contribution in [0.2, 0.25) is 0 Å². The second-order valence-corrected chi connectivity index (χ2v) is 22.7. The number of rotatable bonds is 19. The SMILES string of the molecule is Cc1cc(C)c(CNC(=O)c2cc(-c3ccc(N4CCN(CCC(CCC(=O)N[C@H](C(=O)N5C[C@H](O)C[C@H]5C(=O)NCc5ccc(-c6scnc6C)cc5)C(C)(C)C)C(N)=O)CC4)nc3)cc3c2cnn3C(C)C)c(=O)[nH]1. The third-order valence-corrected chi connectivity index (χ3v) is 15.8. The van der Waals surface area contributed by atoms with Gasteiger partial charge in [0.1, 0.15) is 17.9 Å². The number of amides is 5. The molecule has 0 radical (unpaired) electrons. The van der Waals surface area contributed by atoms with E-state index in [1.807, 2.05) is 126 Å². The Hall–Kier alpha value is -7.29. The van der Waals surface area contributed by atoms with Crippen molar-refractivity contribution in [2.24, 2.45) is 17.1 Å². The predicted molar refractivity (Wildman–Crippen MR) is 298 cm³/mol. The number of nitrogens with one attached hydrogen (secondary N) is 4. The maximum atomic E-state index is 14.2. The number of H-pyrrole nitrogens is 1. The Morgan fingerprint density at radius 1 is 0.883 bits per heavy atom. The summed E-state index contributed by atoms with van der Waals surface area (Å²) in [5.41, 5.74) is 14.5. The van der Waals surface area contributed by atoms with E-state index in [-0.39, 0.29) is 62.3 Å². The van der Waals surface area contributed by atoms with E-state index in [0.29, 0.717) is 42.6 Å². The van der Waals surface area contributed by atoms with Crippen LogP contribution in [0.3, 0.4) is 0 Å². The van der Waals surface area contributed by atoms with Gasteiger partial charge in [-0.1, -0.05) is 45.0 Å². The number of aromatic nitrogens is 5. The Morgan fingerprint density at radius 2 is 1.61 bits per heavy atom. The van der Waals surface area contributed by atoms with Gasteiger partial charge in [-0.15, -0.1) is 11.3 Å². The molecule has 2 aliphatic heterocycles. The highest BCUT2D eigenvalue weighted by molar-refractivity contribution is 7.13. The van der Waals surface area contributed by atoms with Crippen molar-refractivity contribution in [1.29, 1.82) is 0 Å². The molecular formula is C57H72N12O7S. The second kappa shape index (κ2) is 23.9. The quantitative estimate of drug-likeness (QED) is 0.0584. The van der Waals surface area contributed by atoms with E-state index < -0.39 is 47.2 Å². The summed E-state index contributed by atoms with van der Waals surface area (Å²) in [4.78, 5) is 99.5. The number of pyridine rings is 2. The number of aryl methyl sites for hydroxylation is 3. The highest BCUT2D eigenvalue weighted by atomic mass is 32.1. The molecule has 0 spiro atoms. The number of fused-ring (bicyclic) bond motifs is 1. The Labute approximate surface area is 453 Å². The first-order valence-corrected chi connectivity index (χ1v) is 27.3. The normalized spacial score (nSPS) is 16.9.